The van der Waals surface area contributed by atoms with Crippen molar-refractivity contribution >= 4 is 43.5 Å². The highest BCUT2D eigenvalue weighted by molar-refractivity contribution is 6.14. The van der Waals surface area contributed by atoms with Crippen LogP contribution in [0.4, 0.5) is 0 Å². The monoisotopic (exact) mass is 776 g/mol. The third-order valence-corrected chi connectivity index (χ3v) is 15.1. The number of hydrogen-bond acceptors (Lipinski definition) is 1. The second kappa shape index (κ2) is 11.7. The molecule has 2 atom stereocenters. The maximum atomic E-state index is 5.55. The highest BCUT2D eigenvalue weighted by Crippen LogP contribution is 2.63. The van der Waals surface area contributed by atoms with Crippen LogP contribution in [0.3, 0.4) is 0 Å². The van der Waals surface area contributed by atoms with Gasteiger partial charge in [0.15, 0.2) is 0 Å². The molecule has 4 aliphatic carbocycles. The van der Waals surface area contributed by atoms with Crippen LogP contribution in [0.25, 0.3) is 82.7 Å². The highest BCUT2D eigenvalue weighted by Gasteiger charge is 2.52. The van der Waals surface area contributed by atoms with Crippen LogP contribution < -0.4 is 0 Å². The van der Waals surface area contributed by atoms with Gasteiger partial charge in [-0.1, -0.05) is 159 Å². The number of benzene rings is 8. The maximum absolute atomic E-state index is 5.55. The van der Waals surface area contributed by atoms with Crippen molar-refractivity contribution in [2.75, 3.05) is 0 Å². The number of nitrogens with zero attached hydrogens (tertiary/aromatic N) is 2. The zero-order valence-corrected chi connectivity index (χ0v) is 34.0. The lowest BCUT2D eigenvalue weighted by Gasteiger charge is -2.30. The van der Waals surface area contributed by atoms with Crippen LogP contribution in [0.1, 0.15) is 53.1 Å². The van der Waals surface area contributed by atoms with Gasteiger partial charge in [0.2, 0.25) is 0 Å². The zero-order valence-electron chi connectivity index (χ0n) is 34.0. The second-order valence-corrected chi connectivity index (χ2v) is 18.2. The number of pyridine rings is 1. The van der Waals surface area contributed by atoms with Crippen LogP contribution in [-0.4, -0.2) is 9.55 Å². The van der Waals surface area contributed by atoms with E-state index in [9.17, 15) is 0 Å². The Hall–Kier alpha value is -7.29. The van der Waals surface area contributed by atoms with Crippen LogP contribution in [0, 0.1) is 5.92 Å². The summed E-state index contributed by atoms with van der Waals surface area (Å²) in [4.78, 5) is 5.55. The van der Waals surface area contributed by atoms with Gasteiger partial charge < -0.3 is 4.57 Å². The molecule has 10 aromatic rings. The van der Waals surface area contributed by atoms with Gasteiger partial charge in [0.25, 0.3) is 0 Å². The SMILES string of the molecule is CC1(C)c2cc3c4ccccc4n(-c4cccc(-c5nc6ccccc6c6cc7c(cc56)-c5ccccc5C75c6ccccc6-c6ccccc65)c4)c3cc2C2C=CC=CC21. The van der Waals surface area contributed by atoms with Crippen molar-refractivity contribution in [2.45, 2.75) is 30.6 Å². The molecule has 61 heavy (non-hydrogen) atoms. The first kappa shape index (κ1) is 33.5. The molecule has 2 heteroatoms. The molecule has 0 amide bonds. The highest BCUT2D eigenvalue weighted by atomic mass is 15.0. The molecule has 2 unspecified atom stereocenters. The summed E-state index contributed by atoms with van der Waals surface area (Å²) in [6.45, 7) is 4.85. The summed E-state index contributed by atoms with van der Waals surface area (Å²) in [5, 5.41) is 6.18. The third kappa shape index (κ3) is 4.15. The van der Waals surface area contributed by atoms with Gasteiger partial charge in [-0.05, 0) is 121 Å². The minimum absolute atomic E-state index is 0.0479. The van der Waals surface area contributed by atoms with Gasteiger partial charge in [0.1, 0.15) is 0 Å². The first-order valence-electron chi connectivity index (χ1n) is 21.7. The van der Waals surface area contributed by atoms with Crippen molar-refractivity contribution in [3.8, 4) is 39.2 Å². The maximum Gasteiger partial charge on any atom is 0.0789 e. The number of hydrogen-bond donors (Lipinski definition) is 0. The second-order valence-electron chi connectivity index (χ2n) is 18.2. The minimum Gasteiger partial charge on any atom is -0.309 e. The van der Waals surface area contributed by atoms with Crippen molar-refractivity contribution in [2.24, 2.45) is 5.92 Å². The molecule has 4 aliphatic rings. The van der Waals surface area contributed by atoms with E-state index in [2.05, 4.69) is 213 Å². The Labute approximate surface area is 354 Å². The Morgan fingerprint density at radius 1 is 0.459 bits per heavy atom. The van der Waals surface area contributed by atoms with Crippen molar-refractivity contribution in [3.05, 3.63) is 228 Å². The van der Waals surface area contributed by atoms with E-state index < -0.39 is 5.41 Å². The molecule has 0 saturated carbocycles. The van der Waals surface area contributed by atoms with Gasteiger partial charge in [-0.15, -0.1) is 0 Å². The first-order valence-corrected chi connectivity index (χ1v) is 21.7. The van der Waals surface area contributed by atoms with Gasteiger partial charge in [-0.25, -0.2) is 4.98 Å². The molecule has 286 valence electrons. The minimum atomic E-state index is -0.409. The number of allylic oxidation sites excluding steroid dienone is 4. The van der Waals surface area contributed by atoms with Gasteiger partial charge in [-0.2, -0.15) is 0 Å². The number of para-hydroxylation sites is 2. The smallest absolute Gasteiger partial charge is 0.0789 e. The molecule has 0 saturated heterocycles. The zero-order chi connectivity index (χ0) is 40.2. The fourth-order valence-electron chi connectivity index (χ4n) is 12.5. The molecule has 14 rings (SSSR count). The molecular weight excluding hydrogens is 737 g/mol. The van der Waals surface area contributed by atoms with Crippen LogP contribution in [0.2, 0.25) is 0 Å². The Morgan fingerprint density at radius 2 is 1.10 bits per heavy atom. The summed E-state index contributed by atoms with van der Waals surface area (Å²) >= 11 is 0. The molecule has 2 aromatic heterocycles. The molecule has 0 aliphatic heterocycles. The van der Waals surface area contributed by atoms with E-state index in [1.54, 1.807) is 0 Å². The topological polar surface area (TPSA) is 17.8 Å². The Balaban J connectivity index is 1.03. The Bertz CT molecular complexity index is 3600. The predicted octanol–water partition coefficient (Wildman–Crippen LogP) is 14.6. The average Bonchev–Trinajstić information content (AvgIpc) is 3.97. The molecule has 2 heterocycles. The van der Waals surface area contributed by atoms with E-state index in [4.69, 9.17) is 4.98 Å². The summed E-state index contributed by atoms with van der Waals surface area (Å²) < 4.78 is 2.49. The van der Waals surface area contributed by atoms with E-state index in [0.717, 1.165) is 22.5 Å². The van der Waals surface area contributed by atoms with Crippen LogP contribution in [-0.2, 0) is 10.8 Å². The molecule has 1 spiro atoms. The van der Waals surface area contributed by atoms with E-state index in [-0.39, 0.29) is 5.41 Å². The summed E-state index contributed by atoms with van der Waals surface area (Å²) in [5.41, 5.74) is 20.0. The van der Waals surface area contributed by atoms with Gasteiger partial charge >= 0.3 is 0 Å². The number of rotatable bonds is 2. The standard InChI is InChI=1S/C59H40N2/c1-58(2)48-24-9-3-20-39(48)45-34-56-46(33-52(45)58)42-23-8-14-29-55(42)61(56)36-17-15-16-35(30-36)57-47-31-44-40-21-6-12-27-51(40)59(53(44)32-43(47)41-22-7-13-28-54(41)60-57)49-25-10-4-18-37(49)38-19-5-11-26-50(38)59/h3-34,39,48H,1-2H3. The van der Waals surface area contributed by atoms with Crippen molar-refractivity contribution in [1.29, 1.82) is 0 Å². The van der Waals surface area contributed by atoms with Crippen molar-refractivity contribution in [3.63, 3.8) is 0 Å². The van der Waals surface area contributed by atoms with E-state index in [0.29, 0.717) is 11.8 Å². The van der Waals surface area contributed by atoms with E-state index in [1.807, 2.05) is 0 Å². The van der Waals surface area contributed by atoms with E-state index in [1.165, 1.54) is 93.6 Å². The average molecular weight is 777 g/mol. The summed E-state index contributed by atoms with van der Waals surface area (Å²) in [6.07, 6.45) is 9.30. The lowest BCUT2D eigenvalue weighted by atomic mass is 9.70. The fraction of sp³-hybridized carbons (Fsp3) is 0.102. The molecule has 8 aromatic carbocycles. The van der Waals surface area contributed by atoms with Crippen LogP contribution >= 0.6 is 0 Å². The van der Waals surface area contributed by atoms with Crippen molar-refractivity contribution in [1.82, 2.24) is 9.55 Å². The molecule has 0 radical (unpaired) electrons. The summed E-state index contributed by atoms with van der Waals surface area (Å²) in [5.74, 6) is 0.832. The molecule has 0 fully saturated rings. The Kier molecular flexibility index (Phi) is 6.44. The van der Waals surface area contributed by atoms with E-state index >= 15 is 0 Å². The Morgan fingerprint density at radius 3 is 1.87 bits per heavy atom. The quantitative estimate of drug-likeness (QED) is 0.160. The number of aromatic nitrogens is 2. The van der Waals surface area contributed by atoms with Crippen LogP contribution in [0.15, 0.2) is 194 Å². The molecule has 0 bridgehead atoms. The van der Waals surface area contributed by atoms with Gasteiger partial charge in [-0.3, -0.25) is 0 Å². The predicted molar refractivity (Wildman–Crippen MR) is 253 cm³/mol. The molecular formula is C59H40N2. The summed E-state index contributed by atoms with van der Waals surface area (Å²) in [7, 11) is 0. The van der Waals surface area contributed by atoms with Crippen LogP contribution in [0.5, 0.6) is 0 Å². The third-order valence-electron chi connectivity index (χ3n) is 15.1. The number of fused-ring (bicyclic) bond motifs is 19. The molecule has 2 nitrogen and oxygen atoms in total. The first-order chi connectivity index (χ1) is 30.0. The van der Waals surface area contributed by atoms with Crippen molar-refractivity contribution < 1.29 is 0 Å². The normalized spacial score (nSPS) is 18.1. The molecule has 0 N–H and O–H groups in total. The lowest BCUT2D eigenvalue weighted by molar-refractivity contribution is 0.394. The largest absolute Gasteiger partial charge is 0.309 e. The van der Waals surface area contributed by atoms with Gasteiger partial charge in [0, 0.05) is 38.7 Å². The fourth-order valence-corrected chi connectivity index (χ4v) is 12.5. The van der Waals surface area contributed by atoms with Gasteiger partial charge in [0.05, 0.1) is 27.7 Å². The lowest BCUT2D eigenvalue weighted by Crippen LogP contribution is -2.25. The summed E-state index contributed by atoms with van der Waals surface area (Å²) in [6, 6.07) is 64.0.